The summed E-state index contributed by atoms with van der Waals surface area (Å²) in [6.45, 7) is 15.3. The predicted molar refractivity (Wildman–Crippen MR) is 94.5 cm³/mol. The van der Waals surface area contributed by atoms with Crippen LogP contribution in [0.3, 0.4) is 0 Å². The Morgan fingerprint density at radius 2 is 1.95 bits per heavy atom. The normalized spacial score (nSPS) is 16.9. The van der Waals surface area contributed by atoms with Gasteiger partial charge in [-0.1, -0.05) is 13.8 Å². The topological polar surface area (TPSA) is 40.1 Å². The zero-order valence-corrected chi connectivity index (χ0v) is 15.3. The Labute approximate surface area is 137 Å². The molecule has 1 aliphatic carbocycles. The first-order chi connectivity index (χ1) is 10.6. The number of aliphatic imine (C=N–C) groups is 1. The minimum atomic E-state index is 0.475. The van der Waals surface area contributed by atoms with E-state index in [0.717, 1.165) is 57.8 Å². The van der Waals surface area contributed by atoms with Crippen LogP contribution in [-0.4, -0.2) is 74.8 Å². The molecule has 0 aliphatic heterocycles. The Morgan fingerprint density at radius 3 is 2.50 bits per heavy atom. The van der Waals surface area contributed by atoms with Gasteiger partial charge in [-0.05, 0) is 45.7 Å². The maximum Gasteiger partial charge on any atom is 0.193 e. The molecule has 1 N–H and O–H groups in total. The Hall–Kier alpha value is -0.810. The van der Waals surface area contributed by atoms with Crippen molar-refractivity contribution in [2.45, 2.75) is 46.6 Å². The van der Waals surface area contributed by atoms with Crippen LogP contribution in [0.15, 0.2) is 4.99 Å². The van der Waals surface area contributed by atoms with Crippen LogP contribution in [0.25, 0.3) is 0 Å². The number of hydrogen-bond acceptors (Lipinski definition) is 3. The molecule has 130 valence electrons. The average Bonchev–Trinajstić information content (AvgIpc) is 3.33. The summed E-state index contributed by atoms with van der Waals surface area (Å²) in [4.78, 5) is 9.40. The van der Waals surface area contributed by atoms with Gasteiger partial charge in [-0.15, -0.1) is 0 Å². The fourth-order valence-corrected chi connectivity index (χ4v) is 2.49. The minimum Gasteiger partial charge on any atom is -0.379 e. The zero-order chi connectivity index (χ0) is 16.4. The Balaban J connectivity index is 2.37. The third-order valence-electron chi connectivity index (χ3n) is 4.26. The fourth-order valence-electron chi connectivity index (χ4n) is 2.49. The van der Waals surface area contributed by atoms with Gasteiger partial charge in [-0.2, -0.15) is 0 Å². The first kappa shape index (κ1) is 19.2. The molecule has 5 nitrogen and oxygen atoms in total. The van der Waals surface area contributed by atoms with Crippen molar-refractivity contribution < 1.29 is 4.74 Å². The molecule has 0 heterocycles. The summed E-state index contributed by atoms with van der Waals surface area (Å²) < 4.78 is 5.72. The highest BCUT2D eigenvalue weighted by atomic mass is 16.5. The molecule has 5 heteroatoms. The lowest BCUT2D eigenvalue weighted by Crippen LogP contribution is -2.42. The predicted octanol–water partition coefficient (Wildman–Crippen LogP) is 2.04. The molecule has 0 aromatic rings. The summed E-state index contributed by atoms with van der Waals surface area (Å²) in [5, 5.41) is 3.38. The highest BCUT2D eigenvalue weighted by molar-refractivity contribution is 5.79. The van der Waals surface area contributed by atoms with Crippen molar-refractivity contribution in [2.75, 3.05) is 53.0 Å². The smallest absolute Gasteiger partial charge is 0.193 e. The second-order valence-electron chi connectivity index (χ2n) is 6.20. The molecule has 0 aromatic heterocycles. The minimum absolute atomic E-state index is 0.475. The Bertz CT molecular complexity index is 314. The highest BCUT2D eigenvalue weighted by Gasteiger charge is 2.21. The third-order valence-corrected chi connectivity index (χ3v) is 4.26. The lowest BCUT2D eigenvalue weighted by molar-refractivity contribution is 0.115. The van der Waals surface area contributed by atoms with Gasteiger partial charge >= 0.3 is 0 Å². The summed E-state index contributed by atoms with van der Waals surface area (Å²) in [5.41, 5.74) is 0. The van der Waals surface area contributed by atoms with Gasteiger partial charge in [-0.3, -0.25) is 9.89 Å². The van der Waals surface area contributed by atoms with E-state index in [0.29, 0.717) is 6.04 Å². The molecule has 1 fully saturated rings. The number of nitrogens with zero attached hydrogens (tertiary/aromatic N) is 3. The first-order valence-electron chi connectivity index (χ1n) is 8.93. The molecule has 1 atom stereocenters. The molecule has 0 radical (unpaired) electrons. The van der Waals surface area contributed by atoms with E-state index in [2.05, 4.69) is 49.9 Å². The second kappa shape index (κ2) is 10.8. The van der Waals surface area contributed by atoms with Crippen LogP contribution in [0.2, 0.25) is 0 Å². The maximum atomic E-state index is 5.72. The number of guanidine groups is 1. The molecule has 22 heavy (non-hydrogen) atoms. The lowest BCUT2D eigenvalue weighted by atomic mass is 10.3. The second-order valence-corrected chi connectivity index (χ2v) is 6.20. The van der Waals surface area contributed by atoms with Crippen molar-refractivity contribution >= 4 is 5.96 Å². The molecule has 1 unspecified atom stereocenters. The molecular weight excluding hydrogens is 276 g/mol. The van der Waals surface area contributed by atoms with Crippen LogP contribution in [0, 0.1) is 5.92 Å². The van der Waals surface area contributed by atoms with Crippen molar-refractivity contribution in [1.82, 2.24) is 15.1 Å². The average molecular weight is 313 g/mol. The molecule has 0 spiro atoms. The van der Waals surface area contributed by atoms with Crippen LogP contribution < -0.4 is 5.32 Å². The van der Waals surface area contributed by atoms with Gasteiger partial charge in [0.05, 0.1) is 13.2 Å². The van der Waals surface area contributed by atoms with Gasteiger partial charge in [0.1, 0.15) is 0 Å². The van der Waals surface area contributed by atoms with Crippen LogP contribution in [0.1, 0.15) is 40.5 Å². The summed E-state index contributed by atoms with van der Waals surface area (Å²) >= 11 is 0. The Morgan fingerprint density at radius 1 is 1.27 bits per heavy atom. The van der Waals surface area contributed by atoms with Crippen molar-refractivity contribution in [3.8, 4) is 0 Å². The summed E-state index contributed by atoms with van der Waals surface area (Å²) in [6.07, 6.45) is 2.70. The van der Waals surface area contributed by atoms with E-state index in [4.69, 9.17) is 9.73 Å². The quantitative estimate of drug-likeness (QED) is 0.360. The zero-order valence-electron chi connectivity index (χ0n) is 15.3. The van der Waals surface area contributed by atoms with E-state index < -0.39 is 0 Å². The van der Waals surface area contributed by atoms with E-state index in [9.17, 15) is 0 Å². The van der Waals surface area contributed by atoms with Gasteiger partial charge in [0.2, 0.25) is 0 Å². The largest absolute Gasteiger partial charge is 0.379 e. The maximum absolute atomic E-state index is 5.72. The van der Waals surface area contributed by atoms with Crippen molar-refractivity contribution in [3.63, 3.8) is 0 Å². The van der Waals surface area contributed by atoms with Crippen molar-refractivity contribution in [1.29, 1.82) is 0 Å². The molecule has 0 bridgehead atoms. The van der Waals surface area contributed by atoms with Crippen LogP contribution in [0.4, 0.5) is 0 Å². The molecule has 0 saturated heterocycles. The van der Waals surface area contributed by atoms with Crippen LogP contribution in [-0.2, 0) is 4.74 Å². The van der Waals surface area contributed by atoms with Crippen molar-refractivity contribution in [2.24, 2.45) is 10.9 Å². The van der Waals surface area contributed by atoms with E-state index in [1.165, 1.54) is 12.8 Å². The summed E-state index contributed by atoms with van der Waals surface area (Å²) in [6, 6.07) is 0.475. The van der Waals surface area contributed by atoms with E-state index in [1.54, 1.807) is 0 Å². The number of ether oxygens (including phenoxy) is 1. The van der Waals surface area contributed by atoms with E-state index in [-0.39, 0.29) is 0 Å². The SMILES string of the molecule is CCNC(=NCC(C)N(CC)CC)N(C)CCOCC1CC1. The molecular formula is C17H36N4O. The molecule has 1 saturated carbocycles. The van der Waals surface area contributed by atoms with Gasteiger partial charge in [-0.25, -0.2) is 0 Å². The van der Waals surface area contributed by atoms with Crippen LogP contribution >= 0.6 is 0 Å². The third kappa shape index (κ3) is 7.45. The molecule has 0 amide bonds. The number of nitrogens with one attached hydrogen (secondary N) is 1. The van der Waals surface area contributed by atoms with Gasteiger partial charge in [0, 0.05) is 32.8 Å². The van der Waals surface area contributed by atoms with Crippen molar-refractivity contribution in [3.05, 3.63) is 0 Å². The number of likely N-dealkylation sites (N-methyl/N-ethyl adjacent to an activating group) is 2. The summed E-state index contributed by atoms with van der Waals surface area (Å²) in [5.74, 6) is 1.82. The van der Waals surface area contributed by atoms with E-state index in [1.807, 2.05) is 0 Å². The molecule has 1 aliphatic rings. The van der Waals surface area contributed by atoms with Gasteiger partial charge in [0.15, 0.2) is 5.96 Å². The molecule has 0 aromatic carbocycles. The summed E-state index contributed by atoms with van der Waals surface area (Å²) in [7, 11) is 2.09. The standard InChI is InChI=1S/C17H36N4O/c1-6-18-17(19-13-15(4)21(7-2)8-3)20(5)11-12-22-14-16-9-10-16/h15-16H,6-14H2,1-5H3,(H,18,19). The number of hydrogen-bond donors (Lipinski definition) is 1. The van der Waals surface area contributed by atoms with Gasteiger partial charge in [0.25, 0.3) is 0 Å². The van der Waals surface area contributed by atoms with E-state index >= 15 is 0 Å². The van der Waals surface area contributed by atoms with Crippen LogP contribution in [0.5, 0.6) is 0 Å². The Kier molecular flexibility index (Phi) is 9.48. The van der Waals surface area contributed by atoms with Gasteiger partial charge < -0.3 is 15.0 Å². The lowest BCUT2D eigenvalue weighted by Gasteiger charge is -2.26. The fraction of sp³-hybridized carbons (Fsp3) is 0.941. The highest BCUT2D eigenvalue weighted by Crippen LogP contribution is 2.28. The first-order valence-corrected chi connectivity index (χ1v) is 8.93. The monoisotopic (exact) mass is 312 g/mol. The molecule has 1 rings (SSSR count). The number of rotatable bonds is 11.